The lowest BCUT2D eigenvalue weighted by molar-refractivity contribution is -0.659. The second-order valence-corrected chi connectivity index (χ2v) is 11.0. The largest absolute Gasteiger partial charge is 0.456 e. The Morgan fingerprint density at radius 3 is 2.56 bits per heavy atom. The van der Waals surface area contributed by atoms with Gasteiger partial charge in [0.25, 0.3) is 0 Å². The number of ether oxygens (including phenoxy) is 1. The summed E-state index contributed by atoms with van der Waals surface area (Å²) < 4.78 is 10.3. The van der Waals surface area contributed by atoms with Crippen LogP contribution in [0, 0.1) is 12.3 Å². The van der Waals surface area contributed by atoms with Crippen molar-refractivity contribution < 1.29 is 9.30 Å². The van der Waals surface area contributed by atoms with Crippen LogP contribution in [0.1, 0.15) is 69.4 Å². The van der Waals surface area contributed by atoms with Gasteiger partial charge < -0.3 is 4.74 Å². The van der Waals surface area contributed by atoms with Crippen LogP contribution in [0.5, 0.6) is 11.5 Å². The number of aromatic nitrogens is 1. The van der Waals surface area contributed by atoms with Gasteiger partial charge >= 0.3 is 0 Å². The predicted molar refractivity (Wildman–Crippen MR) is 135 cm³/mol. The first-order valence-corrected chi connectivity index (χ1v) is 13.1. The van der Waals surface area contributed by atoms with Crippen molar-refractivity contribution in [1.82, 2.24) is 0 Å². The number of pyridine rings is 1. The highest BCUT2D eigenvalue weighted by Gasteiger charge is 2.35. The Balaban J connectivity index is 1.50. The minimum Gasteiger partial charge on any atom is -0.456 e. The normalized spacial score (nSPS) is 17.5. The van der Waals surface area contributed by atoms with E-state index in [4.69, 9.17) is 4.74 Å². The van der Waals surface area contributed by atoms with E-state index in [9.17, 15) is 0 Å². The Morgan fingerprint density at radius 1 is 1.03 bits per heavy atom. The van der Waals surface area contributed by atoms with Crippen LogP contribution in [0.15, 0.2) is 41.9 Å². The van der Waals surface area contributed by atoms with Crippen LogP contribution in [0.2, 0.25) is 0 Å². The summed E-state index contributed by atoms with van der Waals surface area (Å²) in [7, 11) is 2.16. The first-order chi connectivity index (χ1) is 15.5. The van der Waals surface area contributed by atoms with Crippen LogP contribution in [0.25, 0.3) is 32.1 Å². The third kappa shape index (κ3) is 2.86. The lowest BCUT2D eigenvalue weighted by Crippen LogP contribution is -2.32. The molecule has 32 heavy (non-hydrogen) atoms. The molecule has 3 heterocycles. The van der Waals surface area contributed by atoms with Crippen LogP contribution >= 0.6 is 11.3 Å². The number of fused-ring (bicyclic) bond motifs is 3. The number of hydrogen-bond acceptors (Lipinski definition) is 2. The molecule has 2 aliphatic rings. The first-order valence-electron chi connectivity index (χ1n) is 12.2. The zero-order chi connectivity index (χ0) is 22.0. The van der Waals surface area contributed by atoms with Crippen molar-refractivity contribution in [2.75, 3.05) is 0 Å². The fraction of sp³-hybridized carbons (Fsp3) is 0.414. The average Bonchev–Trinajstić information content (AvgIpc) is 3.29. The molecule has 1 aliphatic heterocycles. The average molecular weight is 443 g/mol. The summed E-state index contributed by atoms with van der Waals surface area (Å²) in [6.45, 7) is 7.00. The van der Waals surface area contributed by atoms with Gasteiger partial charge in [-0.05, 0) is 89.4 Å². The summed E-state index contributed by atoms with van der Waals surface area (Å²) in [6, 6.07) is 11.5. The van der Waals surface area contributed by atoms with E-state index in [0.717, 1.165) is 11.5 Å². The molecule has 0 saturated heterocycles. The smallest absolute Gasteiger partial charge is 0.228 e. The lowest BCUT2D eigenvalue weighted by Gasteiger charge is -2.39. The third-order valence-electron chi connectivity index (χ3n) is 8.64. The van der Waals surface area contributed by atoms with Gasteiger partial charge in [0.05, 0.1) is 10.9 Å². The fourth-order valence-corrected chi connectivity index (χ4v) is 7.26. The highest BCUT2D eigenvalue weighted by molar-refractivity contribution is 7.17. The van der Waals surface area contributed by atoms with E-state index >= 15 is 0 Å². The van der Waals surface area contributed by atoms with Crippen molar-refractivity contribution in [3.05, 3.63) is 53.0 Å². The second kappa shape index (κ2) is 7.31. The number of nitrogens with zero attached hydrogens (tertiary/aromatic N) is 1. The van der Waals surface area contributed by atoms with Crippen molar-refractivity contribution in [1.29, 1.82) is 0 Å². The lowest BCUT2D eigenvalue weighted by atomic mass is 9.66. The van der Waals surface area contributed by atoms with Crippen molar-refractivity contribution in [3.63, 3.8) is 0 Å². The van der Waals surface area contributed by atoms with Crippen molar-refractivity contribution in [3.8, 4) is 22.8 Å². The van der Waals surface area contributed by atoms with E-state index in [1.807, 2.05) is 11.3 Å². The zero-order valence-electron chi connectivity index (χ0n) is 19.6. The molecule has 0 amide bonds. The molecule has 0 N–H and O–H groups in total. The highest BCUT2D eigenvalue weighted by Crippen LogP contribution is 2.52. The molecule has 2 aromatic heterocycles. The second-order valence-electron chi connectivity index (χ2n) is 10.1. The molecule has 1 fully saturated rings. The number of hydrogen-bond donors (Lipinski definition) is 0. The van der Waals surface area contributed by atoms with Gasteiger partial charge in [-0.15, -0.1) is 11.3 Å². The number of aryl methyl sites for hydroxylation is 2. The Morgan fingerprint density at radius 2 is 1.81 bits per heavy atom. The number of rotatable bonds is 3. The van der Waals surface area contributed by atoms with Gasteiger partial charge in [0, 0.05) is 10.8 Å². The van der Waals surface area contributed by atoms with Gasteiger partial charge in [0.1, 0.15) is 18.5 Å². The monoisotopic (exact) mass is 442 g/mol. The minimum atomic E-state index is 0.571. The SMILES string of the molecule is CCC1(CC)CCC(c2cc3c4c([n+](C)ccc4c2)-c2c(cc4ccsc4c2C)O3)CC1. The van der Waals surface area contributed by atoms with Crippen molar-refractivity contribution >= 4 is 32.2 Å². The quantitative estimate of drug-likeness (QED) is 0.256. The van der Waals surface area contributed by atoms with Crippen molar-refractivity contribution in [2.24, 2.45) is 12.5 Å². The van der Waals surface area contributed by atoms with Gasteiger partial charge in [-0.2, -0.15) is 0 Å². The predicted octanol–water partition coefficient (Wildman–Crippen LogP) is 8.42. The van der Waals surface area contributed by atoms with E-state index in [0.29, 0.717) is 11.3 Å². The van der Waals surface area contributed by atoms with E-state index in [2.05, 4.69) is 74.3 Å². The Hall–Kier alpha value is -2.39. The van der Waals surface area contributed by atoms with Gasteiger partial charge in [-0.25, -0.2) is 4.57 Å². The zero-order valence-corrected chi connectivity index (χ0v) is 20.4. The van der Waals surface area contributed by atoms with Crippen molar-refractivity contribution in [2.45, 2.75) is 65.2 Å². The molecule has 0 atom stereocenters. The van der Waals surface area contributed by atoms with E-state index in [-0.39, 0.29) is 0 Å². The molecule has 0 bridgehead atoms. The highest BCUT2D eigenvalue weighted by atomic mass is 32.1. The molecule has 1 aliphatic carbocycles. The minimum absolute atomic E-state index is 0.571. The molecule has 2 aromatic carbocycles. The van der Waals surface area contributed by atoms with Crippen LogP contribution in [0.3, 0.4) is 0 Å². The first kappa shape index (κ1) is 20.2. The van der Waals surface area contributed by atoms with E-state index in [1.54, 1.807) is 0 Å². The van der Waals surface area contributed by atoms with E-state index < -0.39 is 0 Å². The summed E-state index contributed by atoms with van der Waals surface area (Å²) in [5.41, 5.74) is 5.90. The molecule has 6 rings (SSSR count). The topological polar surface area (TPSA) is 13.1 Å². The fourth-order valence-electron chi connectivity index (χ4n) is 6.37. The Labute approximate surface area is 194 Å². The Kier molecular flexibility index (Phi) is 4.62. The summed E-state index contributed by atoms with van der Waals surface area (Å²) in [6.07, 6.45) is 10.2. The van der Waals surface area contributed by atoms with Gasteiger partial charge in [-0.1, -0.05) is 32.8 Å². The molecule has 0 radical (unpaired) electrons. The van der Waals surface area contributed by atoms with Crippen LogP contribution in [0.4, 0.5) is 0 Å². The molecule has 3 heteroatoms. The van der Waals surface area contributed by atoms with Gasteiger partial charge in [-0.3, -0.25) is 0 Å². The molecule has 1 saturated carbocycles. The molecule has 2 nitrogen and oxygen atoms in total. The molecular weight excluding hydrogens is 410 g/mol. The number of benzene rings is 2. The standard InChI is InChI=1S/C29H32NOS/c1-5-29(6-2)11-7-19(8-12-29)22-15-20-9-13-30(4)27-25-18(3)28-21(10-14-32-28)16-23(25)31-24(17-22)26(20)27/h9-10,13-17,19H,5-8,11-12H2,1-4H3/q+1. The summed E-state index contributed by atoms with van der Waals surface area (Å²) in [4.78, 5) is 0. The van der Waals surface area contributed by atoms with Gasteiger partial charge in [0.15, 0.2) is 6.20 Å². The summed E-state index contributed by atoms with van der Waals surface area (Å²) in [5, 5.41) is 6.04. The number of thiophene rings is 1. The molecule has 0 unspecified atom stereocenters. The van der Waals surface area contributed by atoms with E-state index in [1.165, 1.54) is 81.8 Å². The molecular formula is C29H32NOS+. The Bertz CT molecular complexity index is 1350. The van der Waals surface area contributed by atoms with Gasteiger partial charge in [0.2, 0.25) is 5.69 Å². The molecule has 164 valence electrons. The molecule has 4 aromatic rings. The maximum Gasteiger partial charge on any atom is 0.228 e. The van der Waals surface area contributed by atoms with Crippen LogP contribution < -0.4 is 9.30 Å². The third-order valence-corrected chi connectivity index (χ3v) is 9.69. The maximum atomic E-state index is 6.67. The molecule has 0 spiro atoms. The summed E-state index contributed by atoms with van der Waals surface area (Å²) >= 11 is 1.82. The summed E-state index contributed by atoms with van der Waals surface area (Å²) in [5.74, 6) is 2.68. The van der Waals surface area contributed by atoms with Crippen LogP contribution in [-0.2, 0) is 7.05 Å². The maximum absolute atomic E-state index is 6.67. The van der Waals surface area contributed by atoms with Crippen LogP contribution in [-0.4, -0.2) is 0 Å².